The van der Waals surface area contributed by atoms with Gasteiger partial charge in [-0.05, 0) is 84.5 Å². The minimum absolute atomic E-state index is 0.603. The minimum Gasteiger partial charge on any atom is -0.0622 e. The molecule has 0 unspecified atom stereocenters. The highest BCUT2D eigenvalue weighted by molar-refractivity contribution is 7.77. The molecular formula is C36H40P2. The molecule has 0 aliphatic heterocycles. The molecule has 0 nitrogen and oxygen atoms in total. The summed E-state index contributed by atoms with van der Waals surface area (Å²) in [6.45, 7) is 9.46. The quantitative estimate of drug-likeness (QED) is 0.133. The third kappa shape index (κ3) is 6.43. The van der Waals surface area contributed by atoms with Gasteiger partial charge in [-0.25, -0.2) is 0 Å². The van der Waals surface area contributed by atoms with Crippen molar-refractivity contribution in [3.63, 3.8) is 0 Å². The molecule has 38 heavy (non-hydrogen) atoms. The van der Waals surface area contributed by atoms with Crippen LogP contribution in [0.5, 0.6) is 0 Å². The Labute approximate surface area is 233 Å². The van der Waals surface area contributed by atoms with Crippen molar-refractivity contribution in [2.75, 3.05) is 0 Å². The van der Waals surface area contributed by atoms with Crippen LogP contribution in [0.1, 0.15) is 53.4 Å². The first kappa shape index (κ1) is 28.2. The van der Waals surface area contributed by atoms with Crippen LogP contribution >= 0.6 is 15.8 Å². The molecule has 0 aliphatic carbocycles. The molecular weight excluding hydrogens is 494 g/mol. The van der Waals surface area contributed by atoms with E-state index in [1.807, 2.05) is 0 Å². The summed E-state index contributed by atoms with van der Waals surface area (Å²) in [4.78, 5) is 0. The van der Waals surface area contributed by atoms with Gasteiger partial charge in [-0.15, -0.1) is 0 Å². The Morgan fingerprint density at radius 1 is 0.368 bits per heavy atom. The Balaban J connectivity index is 2.00. The molecule has 0 radical (unpaired) electrons. The van der Waals surface area contributed by atoms with E-state index >= 15 is 0 Å². The van der Waals surface area contributed by atoms with Crippen molar-refractivity contribution >= 4 is 37.1 Å². The number of hydrogen-bond acceptors (Lipinski definition) is 0. The van der Waals surface area contributed by atoms with Gasteiger partial charge in [0.25, 0.3) is 0 Å². The molecule has 4 rings (SSSR count). The van der Waals surface area contributed by atoms with Crippen LogP contribution < -0.4 is 21.2 Å². The predicted octanol–water partition coefficient (Wildman–Crippen LogP) is 9.40. The first-order chi connectivity index (χ1) is 18.7. The number of hydrogen-bond donors (Lipinski definition) is 0. The van der Waals surface area contributed by atoms with E-state index in [9.17, 15) is 0 Å². The molecule has 0 spiro atoms. The second-order valence-electron chi connectivity index (χ2n) is 9.28. The SMILES string of the molecule is CCC(/C(CC)=C(\CC)P(c1ccccc1)c1ccccc1)=C(/CC)P(c1ccccc1)c1ccccc1. The Hall–Kier alpha value is -2.78. The first-order valence-corrected chi connectivity index (χ1v) is 16.7. The van der Waals surface area contributed by atoms with Crippen molar-refractivity contribution in [2.45, 2.75) is 53.4 Å². The summed E-state index contributed by atoms with van der Waals surface area (Å²) in [5.74, 6) is 0. The maximum Gasteiger partial charge on any atom is -0.0154 e. The van der Waals surface area contributed by atoms with Crippen LogP contribution in [0.15, 0.2) is 143 Å². The highest BCUT2D eigenvalue weighted by Gasteiger charge is 2.26. The fraction of sp³-hybridized carbons (Fsp3) is 0.222. The second-order valence-corrected chi connectivity index (χ2v) is 13.8. The molecule has 0 atom stereocenters. The summed E-state index contributed by atoms with van der Waals surface area (Å²) in [6, 6.07) is 44.8. The van der Waals surface area contributed by atoms with E-state index in [1.54, 1.807) is 21.8 Å². The normalized spacial score (nSPS) is 12.9. The summed E-state index contributed by atoms with van der Waals surface area (Å²) >= 11 is 0. The van der Waals surface area contributed by atoms with Gasteiger partial charge >= 0.3 is 0 Å². The van der Waals surface area contributed by atoms with Crippen molar-refractivity contribution in [2.24, 2.45) is 0 Å². The zero-order valence-corrected chi connectivity index (χ0v) is 25.1. The van der Waals surface area contributed by atoms with Crippen molar-refractivity contribution in [1.29, 1.82) is 0 Å². The molecule has 194 valence electrons. The van der Waals surface area contributed by atoms with Crippen LogP contribution in [0.25, 0.3) is 0 Å². The summed E-state index contributed by atoms with van der Waals surface area (Å²) in [5, 5.41) is 9.02. The molecule has 0 N–H and O–H groups in total. The zero-order valence-electron chi connectivity index (χ0n) is 23.3. The molecule has 0 aliphatic rings. The van der Waals surface area contributed by atoms with E-state index < -0.39 is 15.8 Å². The largest absolute Gasteiger partial charge is 0.0622 e. The predicted molar refractivity (Wildman–Crippen MR) is 173 cm³/mol. The third-order valence-corrected chi connectivity index (χ3v) is 12.5. The molecule has 2 heteroatoms. The molecule has 4 aromatic carbocycles. The monoisotopic (exact) mass is 534 g/mol. The maximum atomic E-state index is 2.37. The van der Waals surface area contributed by atoms with Crippen LogP contribution in [0.3, 0.4) is 0 Å². The van der Waals surface area contributed by atoms with Gasteiger partial charge in [-0.1, -0.05) is 149 Å². The lowest BCUT2D eigenvalue weighted by Gasteiger charge is -2.30. The smallest absolute Gasteiger partial charge is 0.0154 e. The van der Waals surface area contributed by atoms with Gasteiger partial charge < -0.3 is 0 Å². The lowest BCUT2D eigenvalue weighted by atomic mass is 9.98. The molecule has 0 saturated heterocycles. The standard InChI is InChI=1S/C36H40P2/c1-5-33(35(7-3)37(29-21-13-9-14-22-29)30-23-15-10-16-24-30)34(6-2)36(8-4)38(31-25-17-11-18-26-31)32-27-19-12-20-28-32/h9-28H,5-8H2,1-4H3/b35-33+,36-34+. The van der Waals surface area contributed by atoms with Gasteiger partial charge in [-0.2, -0.15) is 0 Å². The number of allylic oxidation sites excluding steroid dienone is 4. The first-order valence-electron chi connectivity index (χ1n) is 14.0. The summed E-state index contributed by atoms with van der Waals surface area (Å²) < 4.78 is 0. The highest BCUT2D eigenvalue weighted by atomic mass is 31.1. The van der Waals surface area contributed by atoms with E-state index in [-0.39, 0.29) is 0 Å². The fourth-order valence-electron chi connectivity index (χ4n) is 5.43. The van der Waals surface area contributed by atoms with Gasteiger partial charge in [0.1, 0.15) is 0 Å². The number of rotatable bonds is 11. The Morgan fingerprint density at radius 2 is 0.605 bits per heavy atom. The van der Waals surface area contributed by atoms with E-state index in [0.29, 0.717) is 0 Å². The van der Waals surface area contributed by atoms with Crippen molar-refractivity contribution < 1.29 is 0 Å². The molecule has 0 aromatic heterocycles. The lowest BCUT2D eigenvalue weighted by Crippen LogP contribution is -2.16. The Kier molecular flexibility index (Phi) is 10.7. The summed E-state index contributed by atoms with van der Waals surface area (Å²) in [5.41, 5.74) is 3.18. The van der Waals surface area contributed by atoms with Crippen molar-refractivity contribution in [1.82, 2.24) is 0 Å². The average Bonchev–Trinajstić information content (AvgIpc) is 2.99. The van der Waals surface area contributed by atoms with Gasteiger partial charge in [-0.3, -0.25) is 0 Å². The van der Waals surface area contributed by atoms with Gasteiger partial charge in [0.15, 0.2) is 0 Å². The van der Waals surface area contributed by atoms with Crippen molar-refractivity contribution in [3.05, 3.63) is 143 Å². The average molecular weight is 535 g/mol. The topological polar surface area (TPSA) is 0 Å². The van der Waals surface area contributed by atoms with Crippen LogP contribution in [0, 0.1) is 0 Å². The maximum absolute atomic E-state index is 2.37. The zero-order chi connectivity index (χ0) is 26.7. The van der Waals surface area contributed by atoms with Crippen LogP contribution in [0.2, 0.25) is 0 Å². The molecule has 0 saturated carbocycles. The lowest BCUT2D eigenvalue weighted by molar-refractivity contribution is 0.970. The third-order valence-electron chi connectivity index (χ3n) is 7.04. The molecule has 0 amide bonds. The van der Waals surface area contributed by atoms with Crippen molar-refractivity contribution in [3.8, 4) is 0 Å². The van der Waals surface area contributed by atoms with Crippen LogP contribution in [-0.2, 0) is 0 Å². The van der Waals surface area contributed by atoms with E-state index in [0.717, 1.165) is 25.7 Å². The molecule has 0 bridgehead atoms. The Morgan fingerprint density at radius 3 is 0.789 bits per heavy atom. The molecule has 0 heterocycles. The molecule has 0 fully saturated rings. The number of benzene rings is 4. The van der Waals surface area contributed by atoms with E-state index in [2.05, 4.69) is 149 Å². The van der Waals surface area contributed by atoms with Gasteiger partial charge in [0.05, 0.1) is 0 Å². The van der Waals surface area contributed by atoms with E-state index in [1.165, 1.54) is 21.2 Å². The van der Waals surface area contributed by atoms with Crippen LogP contribution in [0.4, 0.5) is 0 Å². The van der Waals surface area contributed by atoms with Gasteiger partial charge in [0.2, 0.25) is 0 Å². The second kappa shape index (κ2) is 14.4. The summed E-state index contributed by atoms with van der Waals surface area (Å²) in [7, 11) is -1.21. The Bertz CT molecular complexity index is 1140. The fourth-order valence-corrected chi connectivity index (χ4v) is 10.9. The summed E-state index contributed by atoms with van der Waals surface area (Å²) in [6.07, 6.45) is 4.24. The van der Waals surface area contributed by atoms with Gasteiger partial charge in [0, 0.05) is 0 Å². The highest BCUT2D eigenvalue weighted by Crippen LogP contribution is 2.53. The van der Waals surface area contributed by atoms with E-state index in [4.69, 9.17) is 0 Å². The molecule has 4 aromatic rings. The minimum atomic E-state index is -0.603. The van der Waals surface area contributed by atoms with Crippen LogP contribution in [-0.4, -0.2) is 0 Å².